The zero-order valence-electron chi connectivity index (χ0n) is 14.3. The summed E-state index contributed by atoms with van der Waals surface area (Å²) in [5.74, 6) is 0.211. The van der Waals surface area contributed by atoms with Gasteiger partial charge >= 0.3 is 0 Å². The van der Waals surface area contributed by atoms with Crippen molar-refractivity contribution < 1.29 is 4.79 Å². The molecule has 1 fully saturated rings. The minimum absolute atomic E-state index is 0.211. The van der Waals surface area contributed by atoms with Gasteiger partial charge in [-0.2, -0.15) is 0 Å². The van der Waals surface area contributed by atoms with E-state index in [2.05, 4.69) is 52.9 Å². The number of amides is 1. The molecule has 1 aliphatic rings. The van der Waals surface area contributed by atoms with Gasteiger partial charge in [-0.1, -0.05) is 46.3 Å². The van der Waals surface area contributed by atoms with E-state index in [1.807, 2.05) is 29.2 Å². The zero-order chi connectivity index (χ0) is 17.1. The van der Waals surface area contributed by atoms with Gasteiger partial charge in [-0.15, -0.1) is 0 Å². The predicted octanol–water partition coefficient (Wildman–Crippen LogP) is 3.96. The molecule has 0 atom stereocenters. The Bertz CT molecular complexity index is 736. The lowest BCUT2D eigenvalue weighted by Crippen LogP contribution is -2.49. The predicted molar refractivity (Wildman–Crippen MR) is 103 cm³/mol. The third-order valence-electron chi connectivity index (χ3n) is 4.85. The lowest BCUT2D eigenvalue weighted by molar-refractivity contribution is -0.130. The van der Waals surface area contributed by atoms with E-state index in [1.165, 1.54) is 16.8 Å². The molecule has 3 nitrogen and oxygen atoms in total. The van der Waals surface area contributed by atoms with Gasteiger partial charge in [-0.05, 0) is 42.7 Å². The normalized spacial score (nSPS) is 14.8. The molecule has 126 valence electrons. The molecular weight excluding hydrogens is 364 g/mol. The number of halogens is 1. The maximum Gasteiger partial charge on any atom is 0.227 e. The molecule has 3 rings (SSSR count). The van der Waals surface area contributed by atoms with Crippen LogP contribution in [0.1, 0.15) is 16.7 Å². The van der Waals surface area contributed by atoms with Crippen LogP contribution in [0.15, 0.2) is 46.9 Å². The van der Waals surface area contributed by atoms with Crippen LogP contribution in [0.3, 0.4) is 0 Å². The Balaban J connectivity index is 1.62. The van der Waals surface area contributed by atoms with E-state index in [-0.39, 0.29) is 5.91 Å². The second-order valence-corrected chi connectivity index (χ2v) is 7.21. The van der Waals surface area contributed by atoms with Crippen molar-refractivity contribution in [1.29, 1.82) is 0 Å². The fraction of sp³-hybridized carbons (Fsp3) is 0.350. The first-order valence-electron chi connectivity index (χ1n) is 8.38. The Kier molecular flexibility index (Phi) is 5.24. The van der Waals surface area contributed by atoms with Crippen molar-refractivity contribution in [3.63, 3.8) is 0 Å². The molecule has 0 saturated carbocycles. The van der Waals surface area contributed by atoms with Gasteiger partial charge in [0.25, 0.3) is 0 Å². The van der Waals surface area contributed by atoms with E-state index >= 15 is 0 Å². The Morgan fingerprint density at radius 2 is 1.71 bits per heavy atom. The largest absolute Gasteiger partial charge is 0.368 e. The molecule has 1 heterocycles. The summed E-state index contributed by atoms with van der Waals surface area (Å²) >= 11 is 3.52. The second kappa shape index (κ2) is 7.39. The Morgan fingerprint density at radius 3 is 2.42 bits per heavy atom. The van der Waals surface area contributed by atoms with Gasteiger partial charge in [0.05, 0.1) is 6.42 Å². The number of piperazine rings is 1. The number of benzene rings is 2. The number of aryl methyl sites for hydroxylation is 1. The highest BCUT2D eigenvalue weighted by Gasteiger charge is 2.22. The first-order valence-corrected chi connectivity index (χ1v) is 9.18. The van der Waals surface area contributed by atoms with E-state index in [1.54, 1.807) is 0 Å². The molecule has 0 unspecified atom stereocenters. The van der Waals surface area contributed by atoms with Gasteiger partial charge in [0.15, 0.2) is 0 Å². The van der Waals surface area contributed by atoms with Crippen LogP contribution in [0, 0.1) is 13.8 Å². The lowest BCUT2D eigenvalue weighted by atomic mass is 10.1. The van der Waals surface area contributed by atoms with Crippen molar-refractivity contribution in [2.45, 2.75) is 20.3 Å². The number of anilines is 1. The number of nitrogens with zero attached hydrogens (tertiary/aromatic N) is 2. The van der Waals surface area contributed by atoms with Crippen molar-refractivity contribution >= 4 is 27.5 Å². The number of rotatable bonds is 3. The quantitative estimate of drug-likeness (QED) is 0.796. The third-order valence-corrected chi connectivity index (χ3v) is 5.62. The molecule has 1 aliphatic heterocycles. The lowest BCUT2D eigenvalue weighted by Gasteiger charge is -2.37. The summed E-state index contributed by atoms with van der Waals surface area (Å²) in [6, 6.07) is 14.4. The Labute approximate surface area is 152 Å². The first-order chi connectivity index (χ1) is 11.6. The molecule has 4 heteroatoms. The van der Waals surface area contributed by atoms with Crippen LogP contribution in [0.2, 0.25) is 0 Å². The van der Waals surface area contributed by atoms with E-state index in [0.717, 1.165) is 36.2 Å². The first kappa shape index (κ1) is 17.0. The highest BCUT2D eigenvalue weighted by atomic mass is 79.9. The average molecular weight is 387 g/mol. The fourth-order valence-corrected chi connectivity index (χ4v) is 3.62. The van der Waals surface area contributed by atoms with Crippen molar-refractivity contribution in [2.24, 2.45) is 0 Å². The maximum atomic E-state index is 12.6. The highest BCUT2D eigenvalue weighted by molar-refractivity contribution is 9.10. The number of carbonyl (C=O) groups is 1. The maximum absolute atomic E-state index is 12.6. The third kappa shape index (κ3) is 3.64. The highest BCUT2D eigenvalue weighted by Crippen LogP contribution is 2.24. The van der Waals surface area contributed by atoms with Crippen molar-refractivity contribution in [3.8, 4) is 0 Å². The van der Waals surface area contributed by atoms with E-state index in [4.69, 9.17) is 0 Å². The standard InChI is InChI=1S/C20H23BrN2O/c1-15-6-5-9-19(16(15)2)22-10-12-23(13-11-22)20(24)14-17-7-3-4-8-18(17)21/h3-9H,10-14H2,1-2H3. The Hall–Kier alpha value is -1.81. The monoisotopic (exact) mass is 386 g/mol. The summed E-state index contributed by atoms with van der Waals surface area (Å²) in [4.78, 5) is 17.0. The number of carbonyl (C=O) groups excluding carboxylic acids is 1. The van der Waals surface area contributed by atoms with Crippen LogP contribution < -0.4 is 4.90 Å². The van der Waals surface area contributed by atoms with E-state index in [0.29, 0.717) is 6.42 Å². The summed E-state index contributed by atoms with van der Waals surface area (Å²) in [5, 5.41) is 0. The minimum Gasteiger partial charge on any atom is -0.368 e. The second-order valence-electron chi connectivity index (χ2n) is 6.36. The van der Waals surface area contributed by atoms with Crippen molar-refractivity contribution in [3.05, 3.63) is 63.6 Å². The van der Waals surface area contributed by atoms with Gasteiger partial charge in [0.2, 0.25) is 5.91 Å². The van der Waals surface area contributed by atoms with Gasteiger partial charge in [0, 0.05) is 36.3 Å². The van der Waals surface area contributed by atoms with Gasteiger partial charge in [-0.3, -0.25) is 4.79 Å². The molecule has 0 aromatic heterocycles. The van der Waals surface area contributed by atoms with Gasteiger partial charge in [-0.25, -0.2) is 0 Å². The fourth-order valence-electron chi connectivity index (χ4n) is 3.19. The summed E-state index contributed by atoms with van der Waals surface area (Å²) in [6.45, 7) is 7.69. The van der Waals surface area contributed by atoms with Gasteiger partial charge in [0.1, 0.15) is 0 Å². The van der Waals surface area contributed by atoms with Gasteiger partial charge < -0.3 is 9.80 Å². The van der Waals surface area contributed by atoms with Crippen LogP contribution in [0.25, 0.3) is 0 Å². The van der Waals surface area contributed by atoms with Crippen LogP contribution in [-0.2, 0) is 11.2 Å². The average Bonchev–Trinajstić information content (AvgIpc) is 2.59. The molecule has 0 radical (unpaired) electrons. The SMILES string of the molecule is Cc1cccc(N2CCN(C(=O)Cc3ccccc3Br)CC2)c1C. The van der Waals surface area contributed by atoms with Crippen LogP contribution in [0.5, 0.6) is 0 Å². The molecular formula is C20H23BrN2O. The number of hydrogen-bond acceptors (Lipinski definition) is 2. The molecule has 2 aromatic carbocycles. The summed E-state index contributed by atoms with van der Waals surface area (Å²) in [6.07, 6.45) is 0.463. The molecule has 1 saturated heterocycles. The van der Waals surface area contributed by atoms with Crippen LogP contribution in [-0.4, -0.2) is 37.0 Å². The summed E-state index contributed by atoms with van der Waals surface area (Å²) in [5.41, 5.74) is 5.01. The zero-order valence-corrected chi connectivity index (χ0v) is 15.8. The summed E-state index contributed by atoms with van der Waals surface area (Å²) < 4.78 is 1.01. The molecule has 0 spiro atoms. The Morgan fingerprint density at radius 1 is 1.00 bits per heavy atom. The molecule has 0 N–H and O–H groups in total. The van der Waals surface area contributed by atoms with E-state index < -0.39 is 0 Å². The molecule has 0 bridgehead atoms. The molecule has 24 heavy (non-hydrogen) atoms. The smallest absolute Gasteiger partial charge is 0.227 e. The number of hydrogen-bond donors (Lipinski definition) is 0. The van der Waals surface area contributed by atoms with E-state index in [9.17, 15) is 4.79 Å². The molecule has 1 amide bonds. The van der Waals surface area contributed by atoms with Crippen molar-refractivity contribution in [2.75, 3.05) is 31.1 Å². The molecule has 0 aliphatic carbocycles. The molecule has 2 aromatic rings. The topological polar surface area (TPSA) is 23.6 Å². The van der Waals surface area contributed by atoms with Crippen LogP contribution in [0.4, 0.5) is 5.69 Å². The minimum atomic E-state index is 0.211. The van der Waals surface area contributed by atoms with Crippen molar-refractivity contribution in [1.82, 2.24) is 4.90 Å². The summed E-state index contributed by atoms with van der Waals surface area (Å²) in [7, 11) is 0. The van der Waals surface area contributed by atoms with Crippen LogP contribution >= 0.6 is 15.9 Å².